The maximum atomic E-state index is 5.87. The van der Waals surface area contributed by atoms with Crippen molar-refractivity contribution in [1.29, 1.82) is 0 Å². The van der Waals surface area contributed by atoms with Gasteiger partial charge in [0.2, 0.25) is 0 Å². The lowest BCUT2D eigenvalue weighted by Gasteiger charge is -2.46. The van der Waals surface area contributed by atoms with Gasteiger partial charge in [0, 0.05) is 12.5 Å². The van der Waals surface area contributed by atoms with Crippen molar-refractivity contribution in [3.05, 3.63) is 0 Å². The van der Waals surface area contributed by atoms with Crippen LogP contribution in [-0.2, 0) is 4.74 Å². The molecule has 1 N–H and O–H groups in total. The van der Waals surface area contributed by atoms with Crippen molar-refractivity contribution in [3.63, 3.8) is 0 Å². The van der Waals surface area contributed by atoms with Crippen molar-refractivity contribution in [3.8, 4) is 0 Å². The fourth-order valence-electron chi connectivity index (χ4n) is 2.02. The summed E-state index contributed by atoms with van der Waals surface area (Å²) in [6, 6.07) is 0. The SMILES string of the molecule is CC1CNC(C)(C2CCC2)OC1.Cl. The van der Waals surface area contributed by atoms with Crippen LogP contribution in [0.25, 0.3) is 0 Å². The van der Waals surface area contributed by atoms with E-state index in [0.29, 0.717) is 5.92 Å². The molecule has 2 atom stereocenters. The fraction of sp³-hybridized carbons (Fsp3) is 1.00. The lowest BCUT2D eigenvalue weighted by molar-refractivity contribution is -0.152. The average Bonchev–Trinajstić information content (AvgIpc) is 1.92. The van der Waals surface area contributed by atoms with E-state index in [-0.39, 0.29) is 18.1 Å². The average molecular weight is 206 g/mol. The van der Waals surface area contributed by atoms with E-state index in [0.717, 1.165) is 19.1 Å². The zero-order chi connectivity index (χ0) is 8.60. The molecule has 1 aliphatic heterocycles. The third kappa shape index (κ3) is 2.17. The highest BCUT2D eigenvalue weighted by Gasteiger charge is 2.40. The van der Waals surface area contributed by atoms with Gasteiger partial charge in [-0.2, -0.15) is 0 Å². The minimum absolute atomic E-state index is 0. The molecule has 1 saturated carbocycles. The molecule has 0 aromatic carbocycles. The third-order valence-electron chi connectivity index (χ3n) is 3.35. The lowest BCUT2D eigenvalue weighted by atomic mass is 9.77. The first-order chi connectivity index (χ1) is 5.71. The van der Waals surface area contributed by atoms with Crippen molar-refractivity contribution in [1.82, 2.24) is 5.32 Å². The minimum Gasteiger partial charge on any atom is -0.360 e. The van der Waals surface area contributed by atoms with Gasteiger partial charge in [-0.1, -0.05) is 13.3 Å². The molecule has 1 aliphatic carbocycles. The van der Waals surface area contributed by atoms with E-state index >= 15 is 0 Å². The van der Waals surface area contributed by atoms with Crippen LogP contribution in [0, 0.1) is 11.8 Å². The summed E-state index contributed by atoms with van der Waals surface area (Å²) < 4.78 is 5.87. The molecule has 1 saturated heterocycles. The van der Waals surface area contributed by atoms with Crippen LogP contribution in [0.4, 0.5) is 0 Å². The Morgan fingerprint density at radius 1 is 1.38 bits per heavy atom. The normalized spacial score (nSPS) is 40.6. The molecule has 2 nitrogen and oxygen atoms in total. The minimum atomic E-state index is 0. The molecule has 0 bridgehead atoms. The van der Waals surface area contributed by atoms with Gasteiger partial charge in [0.05, 0.1) is 6.61 Å². The topological polar surface area (TPSA) is 21.3 Å². The molecule has 3 heteroatoms. The Morgan fingerprint density at radius 3 is 2.46 bits per heavy atom. The Morgan fingerprint density at radius 2 is 2.08 bits per heavy atom. The summed E-state index contributed by atoms with van der Waals surface area (Å²) >= 11 is 0. The largest absolute Gasteiger partial charge is 0.360 e. The second-order valence-electron chi connectivity index (χ2n) is 4.53. The smallest absolute Gasteiger partial charge is 0.119 e. The summed E-state index contributed by atoms with van der Waals surface area (Å²) in [5.41, 5.74) is 0.00472. The maximum Gasteiger partial charge on any atom is 0.119 e. The summed E-state index contributed by atoms with van der Waals surface area (Å²) in [5, 5.41) is 3.52. The van der Waals surface area contributed by atoms with Crippen LogP contribution < -0.4 is 5.32 Å². The van der Waals surface area contributed by atoms with Gasteiger partial charge < -0.3 is 4.74 Å². The monoisotopic (exact) mass is 205 g/mol. The van der Waals surface area contributed by atoms with Crippen LogP contribution in [0.3, 0.4) is 0 Å². The fourth-order valence-corrected chi connectivity index (χ4v) is 2.02. The van der Waals surface area contributed by atoms with E-state index in [1.54, 1.807) is 0 Å². The van der Waals surface area contributed by atoms with Gasteiger partial charge in [0.1, 0.15) is 5.72 Å². The summed E-state index contributed by atoms with van der Waals surface area (Å²) in [5.74, 6) is 1.45. The predicted molar refractivity (Wildman–Crippen MR) is 56.1 cm³/mol. The molecule has 2 fully saturated rings. The van der Waals surface area contributed by atoms with Crippen LogP contribution in [0.5, 0.6) is 0 Å². The summed E-state index contributed by atoms with van der Waals surface area (Å²) in [6.45, 7) is 6.49. The van der Waals surface area contributed by atoms with E-state index in [4.69, 9.17) is 4.74 Å². The molecule has 0 aromatic rings. The quantitative estimate of drug-likeness (QED) is 0.709. The number of hydrogen-bond acceptors (Lipinski definition) is 2. The molecule has 13 heavy (non-hydrogen) atoms. The molecule has 1 heterocycles. The van der Waals surface area contributed by atoms with Crippen LogP contribution in [0.1, 0.15) is 33.1 Å². The number of rotatable bonds is 1. The Bertz CT molecular complexity index is 162. The molecular weight excluding hydrogens is 186 g/mol. The van der Waals surface area contributed by atoms with Crippen LogP contribution in [-0.4, -0.2) is 18.9 Å². The summed E-state index contributed by atoms with van der Waals surface area (Å²) in [4.78, 5) is 0. The van der Waals surface area contributed by atoms with Crippen molar-refractivity contribution >= 4 is 12.4 Å². The Hall–Kier alpha value is 0.210. The molecule has 2 unspecified atom stereocenters. The number of nitrogens with one attached hydrogen (secondary N) is 1. The van der Waals surface area contributed by atoms with Crippen LogP contribution in [0.15, 0.2) is 0 Å². The molecule has 0 aromatic heterocycles. The summed E-state index contributed by atoms with van der Waals surface area (Å²) in [6.07, 6.45) is 4.08. The molecule has 0 radical (unpaired) electrons. The second kappa shape index (κ2) is 4.16. The van der Waals surface area contributed by atoms with Crippen molar-refractivity contribution in [2.24, 2.45) is 11.8 Å². The van der Waals surface area contributed by atoms with E-state index in [9.17, 15) is 0 Å². The number of hydrogen-bond donors (Lipinski definition) is 1. The van der Waals surface area contributed by atoms with Gasteiger partial charge in [-0.15, -0.1) is 12.4 Å². The van der Waals surface area contributed by atoms with Gasteiger partial charge in [0.15, 0.2) is 0 Å². The molecule has 2 aliphatic rings. The van der Waals surface area contributed by atoms with Gasteiger partial charge >= 0.3 is 0 Å². The van der Waals surface area contributed by atoms with Crippen molar-refractivity contribution in [2.75, 3.05) is 13.2 Å². The van der Waals surface area contributed by atoms with E-state index in [1.807, 2.05) is 0 Å². The van der Waals surface area contributed by atoms with Gasteiger partial charge in [-0.3, -0.25) is 5.32 Å². The third-order valence-corrected chi connectivity index (χ3v) is 3.35. The first kappa shape index (κ1) is 11.3. The van der Waals surface area contributed by atoms with Crippen molar-refractivity contribution < 1.29 is 4.74 Å². The first-order valence-electron chi connectivity index (χ1n) is 5.10. The Balaban J connectivity index is 0.000000845. The molecule has 0 amide bonds. The molecule has 0 spiro atoms. The predicted octanol–water partition coefficient (Wildman–Crippen LogP) is 2.18. The van der Waals surface area contributed by atoms with E-state index in [2.05, 4.69) is 19.2 Å². The highest BCUT2D eigenvalue weighted by Crippen LogP contribution is 2.38. The summed E-state index contributed by atoms with van der Waals surface area (Å²) in [7, 11) is 0. The number of halogens is 1. The standard InChI is InChI=1S/C10H19NO.ClH/c1-8-6-11-10(2,12-7-8)9-4-3-5-9;/h8-9,11H,3-7H2,1-2H3;1H. The maximum absolute atomic E-state index is 5.87. The first-order valence-corrected chi connectivity index (χ1v) is 5.10. The lowest BCUT2D eigenvalue weighted by Crippen LogP contribution is -2.58. The molecule has 2 rings (SSSR count). The van der Waals surface area contributed by atoms with Crippen molar-refractivity contribution in [2.45, 2.75) is 38.8 Å². The van der Waals surface area contributed by atoms with Crippen LogP contribution >= 0.6 is 12.4 Å². The zero-order valence-electron chi connectivity index (χ0n) is 8.51. The van der Waals surface area contributed by atoms with Gasteiger partial charge in [0.25, 0.3) is 0 Å². The van der Waals surface area contributed by atoms with E-state index < -0.39 is 0 Å². The highest BCUT2D eigenvalue weighted by molar-refractivity contribution is 5.85. The van der Waals surface area contributed by atoms with Gasteiger partial charge in [-0.05, 0) is 25.7 Å². The Kier molecular flexibility index (Phi) is 3.61. The molecular formula is C10H20ClNO. The van der Waals surface area contributed by atoms with Gasteiger partial charge in [-0.25, -0.2) is 0 Å². The molecule has 78 valence electrons. The Labute approximate surface area is 86.8 Å². The van der Waals surface area contributed by atoms with E-state index in [1.165, 1.54) is 19.3 Å². The van der Waals surface area contributed by atoms with Crippen LogP contribution in [0.2, 0.25) is 0 Å². The number of ether oxygens (including phenoxy) is 1. The highest BCUT2D eigenvalue weighted by atomic mass is 35.5. The zero-order valence-corrected chi connectivity index (χ0v) is 9.32. The second-order valence-corrected chi connectivity index (χ2v) is 4.53.